The van der Waals surface area contributed by atoms with Crippen LogP contribution in [0.1, 0.15) is 0 Å². The smallest absolute Gasteiger partial charge is 0.456 e. The number of nitrogens with two attached hydrogens (primary N) is 1. The third-order valence-electron chi connectivity index (χ3n) is 2.04. The predicted octanol–water partition coefficient (Wildman–Crippen LogP) is 2.85. The van der Waals surface area contributed by atoms with Crippen molar-refractivity contribution in [3.05, 3.63) is 18.2 Å². The minimum atomic E-state index is -5.66. The largest absolute Gasteiger partial charge is 0.497 e. The third kappa shape index (κ3) is 3.14. The molecular formula is C10H10F5NO2. The van der Waals surface area contributed by atoms with E-state index in [1.54, 1.807) is 0 Å². The van der Waals surface area contributed by atoms with E-state index in [0.29, 0.717) is 5.75 Å². The molecule has 0 heterocycles. The van der Waals surface area contributed by atoms with Crippen LogP contribution in [0.4, 0.5) is 27.6 Å². The number of nitrogen functional groups attached to an aromatic ring is 1. The Morgan fingerprint density at radius 1 is 1.17 bits per heavy atom. The summed E-state index contributed by atoms with van der Waals surface area (Å²) >= 11 is 0. The van der Waals surface area contributed by atoms with Crippen molar-refractivity contribution in [2.24, 2.45) is 0 Å². The summed E-state index contributed by atoms with van der Waals surface area (Å²) < 4.78 is 69.9. The molecule has 0 aliphatic rings. The monoisotopic (exact) mass is 271 g/mol. The number of hydrogen-bond acceptors (Lipinski definition) is 3. The van der Waals surface area contributed by atoms with E-state index in [0.717, 1.165) is 6.07 Å². The first-order valence-corrected chi connectivity index (χ1v) is 4.68. The molecule has 0 spiro atoms. The first kappa shape index (κ1) is 14.3. The number of ether oxygens (including phenoxy) is 2. The second kappa shape index (κ2) is 4.87. The van der Waals surface area contributed by atoms with Crippen LogP contribution in [0.15, 0.2) is 18.2 Å². The zero-order valence-electron chi connectivity index (χ0n) is 9.22. The molecule has 0 amide bonds. The molecule has 1 aromatic rings. The van der Waals surface area contributed by atoms with Crippen molar-refractivity contribution in [3.8, 4) is 11.5 Å². The van der Waals surface area contributed by atoms with E-state index < -0.39 is 18.7 Å². The number of rotatable bonds is 4. The van der Waals surface area contributed by atoms with Gasteiger partial charge in [-0.05, 0) is 12.1 Å². The van der Waals surface area contributed by atoms with E-state index in [4.69, 9.17) is 10.5 Å². The fourth-order valence-electron chi connectivity index (χ4n) is 1.04. The van der Waals surface area contributed by atoms with Gasteiger partial charge in [-0.1, -0.05) is 0 Å². The summed E-state index contributed by atoms with van der Waals surface area (Å²) in [5.41, 5.74) is 5.31. The molecule has 0 radical (unpaired) electrons. The Hall–Kier alpha value is -1.73. The first-order chi connectivity index (χ1) is 8.17. The quantitative estimate of drug-likeness (QED) is 0.676. The second-order valence-electron chi connectivity index (χ2n) is 3.39. The molecule has 0 aliphatic heterocycles. The van der Waals surface area contributed by atoms with Gasteiger partial charge in [0.15, 0.2) is 6.61 Å². The van der Waals surface area contributed by atoms with Crippen LogP contribution in [0.25, 0.3) is 0 Å². The second-order valence-corrected chi connectivity index (χ2v) is 3.39. The van der Waals surface area contributed by atoms with E-state index >= 15 is 0 Å². The summed E-state index contributed by atoms with van der Waals surface area (Å²) in [7, 11) is 1.35. The Morgan fingerprint density at radius 2 is 1.78 bits per heavy atom. The summed E-state index contributed by atoms with van der Waals surface area (Å²) in [6.45, 7) is -1.83. The fourth-order valence-corrected chi connectivity index (χ4v) is 1.04. The number of halogens is 5. The van der Waals surface area contributed by atoms with E-state index in [1.165, 1.54) is 19.2 Å². The van der Waals surface area contributed by atoms with E-state index in [1.807, 2.05) is 0 Å². The maximum Gasteiger partial charge on any atom is 0.456 e. The van der Waals surface area contributed by atoms with Gasteiger partial charge in [-0.3, -0.25) is 0 Å². The topological polar surface area (TPSA) is 44.5 Å². The fraction of sp³-hybridized carbons (Fsp3) is 0.400. The average molecular weight is 271 g/mol. The Morgan fingerprint density at radius 3 is 2.22 bits per heavy atom. The third-order valence-corrected chi connectivity index (χ3v) is 2.04. The van der Waals surface area contributed by atoms with Crippen LogP contribution in [0.5, 0.6) is 11.5 Å². The molecule has 102 valence electrons. The SMILES string of the molecule is COc1ccc(OCC(F)(F)C(F)(F)F)c(N)c1. The highest BCUT2D eigenvalue weighted by Gasteiger charge is 2.58. The maximum absolute atomic E-state index is 12.6. The molecule has 0 unspecified atom stereocenters. The molecule has 0 fully saturated rings. The van der Waals surface area contributed by atoms with Gasteiger partial charge in [0.05, 0.1) is 12.8 Å². The van der Waals surface area contributed by atoms with E-state index in [9.17, 15) is 22.0 Å². The van der Waals surface area contributed by atoms with Crippen LogP contribution in [0.2, 0.25) is 0 Å². The predicted molar refractivity (Wildman–Crippen MR) is 53.9 cm³/mol. The molecule has 0 atom stereocenters. The van der Waals surface area contributed by atoms with Crippen LogP contribution in [-0.2, 0) is 0 Å². The molecule has 2 N–H and O–H groups in total. The lowest BCUT2D eigenvalue weighted by Gasteiger charge is -2.20. The van der Waals surface area contributed by atoms with Crippen molar-refractivity contribution < 1.29 is 31.4 Å². The van der Waals surface area contributed by atoms with Crippen LogP contribution >= 0.6 is 0 Å². The maximum atomic E-state index is 12.6. The standard InChI is InChI=1S/C10H10F5NO2/c1-17-6-2-3-8(7(16)4-6)18-5-9(11,12)10(13,14)15/h2-4H,5,16H2,1H3. The van der Waals surface area contributed by atoms with Crippen LogP contribution in [-0.4, -0.2) is 25.8 Å². The van der Waals surface area contributed by atoms with Gasteiger partial charge in [-0.15, -0.1) is 0 Å². The highest BCUT2D eigenvalue weighted by molar-refractivity contribution is 5.56. The number of anilines is 1. The molecule has 0 aliphatic carbocycles. The van der Waals surface area contributed by atoms with Crippen molar-refractivity contribution in [1.29, 1.82) is 0 Å². The summed E-state index contributed by atoms with van der Waals surface area (Å²) in [6.07, 6.45) is -5.66. The molecule has 1 aromatic carbocycles. The van der Waals surface area contributed by atoms with Gasteiger partial charge in [0.1, 0.15) is 11.5 Å². The molecule has 0 aromatic heterocycles. The van der Waals surface area contributed by atoms with Gasteiger partial charge in [0, 0.05) is 6.07 Å². The van der Waals surface area contributed by atoms with Gasteiger partial charge in [0.25, 0.3) is 0 Å². The molecule has 18 heavy (non-hydrogen) atoms. The van der Waals surface area contributed by atoms with Crippen molar-refractivity contribution in [2.45, 2.75) is 12.1 Å². The van der Waals surface area contributed by atoms with Crippen LogP contribution in [0, 0.1) is 0 Å². The van der Waals surface area contributed by atoms with Crippen molar-refractivity contribution in [3.63, 3.8) is 0 Å². The van der Waals surface area contributed by atoms with E-state index in [2.05, 4.69) is 4.74 Å². The number of methoxy groups -OCH3 is 1. The highest BCUT2D eigenvalue weighted by atomic mass is 19.4. The minimum Gasteiger partial charge on any atom is -0.497 e. The van der Waals surface area contributed by atoms with Gasteiger partial charge in [0.2, 0.25) is 0 Å². The Kier molecular flexibility index (Phi) is 3.88. The van der Waals surface area contributed by atoms with Gasteiger partial charge in [-0.2, -0.15) is 22.0 Å². The average Bonchev–Trinajstić information content (AvgIpc) is 2.25. The molecule has 3 nitrogen and oxygen atoms in total. The lowest BCUT2D eigenvalue weighted by atomic mass is 10.3. The van der Waals surface area contributed by atoms with Crippen LogP contribution < -0.4 is 15.2 Å². The van der Waals surface area contributed by atoms with Crippen molar-refractivity contribution >= 4 is 5.69 Å². The lowest BCUT2D eigenvalue weighted by Crippen LogP contribution is -2.41. The Bertz CT molecular complexity index is 419. The Labute approximate surface area is 99.3 Å². The summed E-state index contributed by atoms with van der Waals surface area (Å²) in [4.78, 5) is 0. The molecular weight excluding hydrogens is 261 g/mol. The van der Waals surface area contributed by atoms with Crippen molar-refractivity contribution in [1.82, 2.24) is 0 Å². The zero-order chi connectivity index (χ0) is 14.0. The summed E-state index contributed by atoms with van der Waals surface area (Å²) in [5, 5.41) is 0. The zero-order valence-corrected chi connectivity index (χ0v) is 9.22. The summed E-state index contributed by atoms with van der Waals surface area (Å²) in [6, 6.07) is 3.74. The van der Waals surface area contributed by atoms with Crippen molar-refractivity contribution in [2.75, 3.05) is 19.5 Å². The highest BCUT2D eigenvalue weighted by Crippen LogP contribution is 2.36. The lowest BCUT2D eigenvalue weighted by molar-refractivity contribution is -0.289. The van der Waals surface area contributed by atoms with Crippen LogP contribution in [0.3, 0.4) is 0 Å². The molecule has 0 bridgehead atoms. The Balaban J connectivity index is 2.75. The van der Waals surface area contributed by atoms with Gasteiger partial charge in [-0.25, -0.2) is 0 Å². The molecule has 0 saturated carbocycles. The van der Waals surface area contributed by atoms with Gasteiger partial charge < -0.3 is 15.2 Å². The van der Waals surface area contributed by atoms with Gasteiger partial charge >= 0.3 is 12.1 Å². The first-order valence-electron chi connectivity index (χ1n) is 4.68. The summed E-state index contributed by atoms with van der Waals surface area (Å²) in [5.74, 6) is -4.86. The normalized spacial score (nSPS) is 12.3. The molecule has 0 saturated heterocycles. The minimum absolute atomic E-state index is 0.0904. The molecule has 1 rings (SSSR count). The number of alkyl halides is 5. The molecule has 8 heteroatoms. The van der Waals surface area contributed by atoms with E-state index in [-0.39, 0.29) is 11.4 Å². The number of hydrogen-bond donors (Lipinski definition) is 1. The number of benzene rings is 1.